The molecule has 0 unspecified atom stereocenters. The predicted molar refractivity (Wildman–Crippen MR) is 121 cm³/mol. The number of sulfonamides is 1. The lowest BCUT2D eigenvalue weighted by molar-refractivity contribution is -0.120. The molecule has 3 rings (SSSR count). The van der Waals surface area contributed by atoms with Gasteiger partial charge < -0.3 is 14.8 Å². The van der Waals surface area contributed by atoms with Gasteiger partial charge in [-0.25, -0.2) is 8.42 Å². The summed E-state index contributed by atoms with van der Waals surface area (Å²) in [7, 11) is -3.66. The molecule has 2 aromatic carbocycles. The van der Waals surface area contributed by atoms with Gasteiger partial charge >= 0.3 is 0 Å². The molecule has 1 N–H and O–H groups in total. The molecule has 0 saturated carbocycles. The van der Waals surface area contributed by atoms with E-state index >= 15 is 0 Å². The molecule has 1 atom stereocenters. The molecule has 1 heterocycles. The van der Waals surface area contributed by atoms with Crippen molar-refractivity contribution in [2.24, 2.45) is 0 Å². The third kappa shape index (κ3) is 5.70. The molecule has 0 saturated heterocycles. The SMILES string of the molecule is CCOc1ccc(N(CC(=O)N[C@@H]2CC(C)(C)Oc3cc(C)ccc32)S(C)(=O)=O)cc1. The number of anilines is 1. The first-order valence-corrected chi connectivity index (χ1v) is 12.1. The number of ether oxygens (including phenoxy) is 2. The lowest BCUT2D eigenvalue weighted by Gasteiger charge is -2.38. The van der Waals surface area contributed by atoms with E-state index in [9.17, 15) is 13.2 Å². The summed E-state index contributed by atoms with van der Waals surface area (Å²) in [4.78, 5) is 12.9. The lowest BCUT2D eigenvalue weighted by Crippen LogP contribution is -2.45. The summed E-state index contributed by atoms with van der Waals surface area (Å²) in [6.07, 6.45) is 1.67. The van der Waals surface area contributed by atoms with Crippen LogP contribution in [-0.2, 0) is 14.8 Å². The molecular formula is C23H30N2O5S. The first-order valence-electron chi connectivity index (χ1n) is 10.3. The van der Waals surface area contributed by atoms with Crippen LogP contribution in [0.15, 0.2) is 42.5 Å². The number of hydrogen-bond donors (Lipinski definition) is 1. The Morgan fingerprint density at radius 2 is 1.90 bits per heavy atom. The number of nitrogens with one attached hydrogen (secondary N) is 1. The standard InChI is InChI=1S/C23H30N2O5S/c1-6-29-18-10-8-17(9-11-18)25(31(5,27)28)15-22(26)24-20-14-23(3,4)30-21-13-16(2)7-12-19(20)21/h7-13,20H,6,14-15H2,1-5H3,(H,24,26)/t20-/m1/s1. The molecule has 0 aliphatic carbocycles. The average Bonchev–Trinajstić information content (AvgIpc) is 2.65. The van der Waals surface area contributed by atoms with Gasteiger partial charge in [0.1, 0.15) is 23.6 Å². The Hall–Kier alpha value is -2.74. The van der Waals surface area contributed by atoms with Crippen LogP contribution in [0.25, 0.3) is 0 Å². The summed E-state index contributed by atoms with van der Waals surface area (Å²) in [5, 5.41) is 3.00. The van der Waals surface area contributed by atoms with Crippen molar-refractivity contribution >= 4 is 21.6 Å². The number of nitrogens with zero attached hydrogens (tertiary/aromatic N) is 1. The van der Waals surface area contributed by atoms with E-state index in [1.807, 2.05) is 45.9 Å². The topological polar surface area (TPSA) is 84.9 Å². The molecule has 2 aromatic rings. The first kappa shape index (κ1) is 22.9. The van der Waals surface area contributed by atoms with Crippen LogP contribution < -0.4 is 19.1 Å². The van der Waals surface area contributed by atoms with Crippen LogP contribution in [0.1, 0.15) is 44.4 Å². The Morgan fingerprint density at radius 3 is 2.52 bits per heavy atom. The second-order valence-corrected chi connectivity index (χ2v) is 10.3. The van der Waals surface area contributed by atoms with Gasteiger partial charge in [0.25, 0.3) is 0 Å². The summed E-state index contributed by atoms with van der Waals surface area (Å²) in [5.41, 5.74) is 1.92. The third-order valence-corrected chi connectivity index (χ3v) is 6.23. The zero-order valence-corrected chi connectivity index (χ0v) is 19.5. The van der Waals surface area contributed by atoms with E-state index in [4.69, 9.17) is 9.47 Å². The summed E-state index contributed by atoms with van der Waals surface area (Å²) >= 11 is 0. The van der Waals surface area contributed by atoms with Gasteiger partial charge in [-0.2, -0.15) is 0 Å². The second kappa shape index (κ2) is 8.78. The van der Waals surface area contributed by atoms with Crippen molar-refractivity contribution < 1.29 is 22.7 Å². The predicted octanol–water partition coefficient (Wildman–Crippen LogP) is 3.58. The van der Waals surface area contributed by atoms with Crippen molar-refractivity contribution in [2.75, 3.05) is 23.7 Å². The normalized spacial score (nSPS) is 17.3. The Labute approximate surface area is 184 Å². The van der Waals surface area contributed by atoms with Crippen molar-refractivity contribution in [2.45, 2.75) is 45.8 Å². The van der Waals surface area contributed by atoms with E-state index in [2.05, 4.69) is 5.32 Å². The molecule has 0 aromatic heterocycles. The minimum Gasteiger partial charge on any atom is -0.494 e. The molecule has 0 bridgehead atoms. The minimum atomic E-state index is -3.66. The maximum Gasteiger partial charge on any atom is 0.241 e. The Bertz CT molecular complexity index is 1050. The van der Waals surface area contributed by atoms with E-state index in [0.29, 0.717) is 24.5 Å². The van der Waals surface area contributed by atoms with Gasteiger partial charge in [-0.15, -0.1) is 0 Å². The highest BCUT2D eigenvalue weighted by Crippen LogP contribution is 2.39. The highest BCUT2D eigenvalue weighted by molar-refractivity contribution is 7.92. The first-order chi connectivity index (χ1) is 14.5. The largest absolute Gasteiger partial charge is 0.494 e. The zero-order valence-electron chi connectivity index (χ0n) is 18.6. The number of rotatable bonds is 7. The van der Waals surface area contributed by atoms with Gasteiger partial charge in [0.15, 0.2) is 0 Å². The van der Waals surface area contributed by atoms with Crippen molar-refractivity contribution in [1.29, 1.82) is 0 Å². The van der Waals surface area contributed by atoms with E-state index in [1.54, 1.807) is 24.3 Å². The highest BCUT2D eigenvalue weighted by Gasteiger charge is 2.35. The molecule has 1 aliphatic rings. The van der Waals surface area contributed by atoms with E-state index in [1.165, 1.54) is 0 Å². The van der Waals surface area contributed by atoms with Crippen molar-refractivity contribution in [3.05, 3.63) is 53.6 Å². The molecular weight excluding hydrogens is 416 g/mol. The van der Waals surface area contributed by atoms with Crippen molar-refractivity contribution in [3.8, 4) is 11.5 Å². The fraction of sp³-hybridized carbons (Fsp3) is 0.435. The fourth-order valence-corrected chi connectivity index (χ4v) is 4.59. The molecule has 31 heavy (non-hydrogen) atoms. The molecule has 1 aliphatic heterocycles. The highest BCUT2D eigenvalue weighted by atomic mass is 32.2. The van der Waals surface area contributed by atoms with Crippen LogP contribution in [-0.4, -0.2) is 39.3 Å². The van der Waals surface area contributed by atoms with E-state index < -0.39 is 15.6 Å². The van der Waals surface area contributed by atoms with Crippen LogP contribution >= 0.6 is 0 Å². The van der Waals surface area contributed by atoms with Gasteiger partial charge in [0.05, 0.1) is 24.6 Å². The average molecular weight is 447 g/mol. The van der Waals surface area contributed by atoms with Crippen LogP contribution in [0, 0.1) is 6.92 Å². The number of benzene rings is 2. The van der Waals surface area contributed by atoms with Crippen LogP contribution in [0.2, 0.25) is 0 Å². The number of carbonyl (C=O) groups is 1. The van der Waals surface area contributed by atoms with Crippen molar-refractivity contribution in [1.82, 2.24) is 5.32 Å². The number of fused-ring (bicyclic) bond motifs is 1. The molecule has 0 radical (unpaired) electrons. The Kier molecular flexibility index (Phi) is 6.50. The van der Waals surface area contributed by atoms with Gasteiger partial charge in [-0.1, -0.05) is 12.1 Å². The van der Waals surface area contributed by atoms with Gasteiger partial charge in [-0.3, -0.25) is 9.10 Å². The van der Waals surface area contributed by atoms with Crippen molar-refractivity contribution in [3.63, 3.8) is 0 Å². The Morgan fingerprint density at radius 1 is 1.23 bits per heavy atom. The van der Waals surface area contributed by atoms with E-state index in [-0.39, 0.29) is 18.5 Å². The molecule has 168 valence electrons. The van der Waals surface area contributed by atoms with Crippen LogP contribution in [0.5, 0.6) is 11.5 Å². The smallest absolute Gasteiger partial charge is 0.241 e. The fourth-order valence-electron chi connectivity index (χ4n) is 3.73. The monoisotopic (exact) mass is 446 g/mol. The van der Waals surface area contributed by atoms with Crippen LogP contribution in [0.3, 0.4) is 0 Å². The number of aryl methyl sites for hydroxylation is 1. The maximum atomic E-state index is 12.9. The van der Waals surface area contributed by atoms with E-state index in [0.717, 1.165) is 27.4 Å². The quantitative estimate of drug-likeness (QED) is 0.703. The summed E-state index contributed by atoms with van der Waals surface area (Å²) in [5.74, 6) is 1.00. The molecule has 7 nitrogen and oxygen atoms in total. The maximum absolute atomic E-state index is 12.9. The number of carbonyl (C=O) groups excluding carboxylic acids is 1. The zero-order chi connectivity index (χ0) is 22.8. The summed E-state index contributed by atoms with van der Waals surface area (Å²) < 4.78 is 37.4. The number of amides is 1. The van der Waals surface area contributed by atoms with Gasteiger partial charge in [0, 0.05) is 12.0 Å². The summed E-state index contributed by atoms with van der Waals surface area (Å²) in [6, 6.07) is 12.3. The molecule has 1 amide bonds. The third-order valence-electron chi connectivity index (χ3n) is 5.08. The number of hydrogen-bond acceptors (Lipinski definition) is 5. The second-order valence-electron chi connectivity index (χ2n) is 8.42. The van der Waals surface area contributed by atoms with Gasteiger partial charge in [-0.05, 0) is 63.6 Å². The minimum absolute atomic E-state index is 0.270. The Balaban J connectivity index is 1.80. The molecule has 8 heteroatoms. The molecule has 0 spiro atoms. The lowest BCUT2D eigenvalue weighted by atomic mass is 9.89. The molecule has 0 fully saturated rings. The summed E-state index contributed by atoms with van der Waals surface area (Å²) in [6.45, 7) is 8.00. The van der Waals surface area contributed by atoms with Gasteiger partial charge in [0.2, 0.25) is 15.9 Å². The van der Waals surface area contributed by atoms with Crippen LogP contribution in [0.4, 0.5) is 5.69 Å².